The maximum Gasteiger partial charge on any atom is 0.101 e. The van der Waals surface area contributed by atoms with Crippen molar-refractivity contribution in [3.8, 4) is 6.07 Å². The maximum absolute atomic E-state index is 9.06. The Kier molecular flexibility index (Phi) is 3.94. The molecular formula is C13H17N3O. The number of hydrogen-bond acceptors (Lipinski definition) is 4. The van der Waals surface area contributed by atoms with Crippen LogP contribution in [0, 0.1) is 17.2 Å². The topological polar surface area (TPSA) is 49.1 Å². The second-order valence-corrected chi connectivity index (χ2v) is 4.39. The van der Waals surface area contributed by atoms with Gasteiger partial charge in [-0.05, 0) is 24.8 Å². The van der Waals surface area contributed by atoms with Crippen LogP contribution < -0.4 is 4.90 Å². The van der Waals surface area contributed by atoms with E-state index in [1.165, 1.54) is 0 Å². The average Bonchev–Trinajstić information content (AvgIpc) is 2.40. The van der Waals surface area contributed by atoms with Crippen LogP contribution in [0.1, 0.15) is 18.4 Å². The van der Waals surface area contributed by atoms with Gasteiger partial charge in [0.25, 0.3) is 0 Å². The first-order valence-corrected chi connectivity index (χ1v) is 5.93. The minimum absolute atomic E-state index is 0.651. The second kappa shape index (κ2) is 5.65. The number of methoxy groups -OCH3 is 1. The molecule has 1 fully saturated rings. The molecule has 1 saturated heterocycles. The number of rotatable bonds is 3. The van der Waals surface area contributed by atoms with E-state index in [1.807, 2.05) is 0 Å². The first-order valence-electron chi connectivity index (χ1n) is 5.93. The van der Waals surface area contributed by atoms with Gasteiger partial charge in [0, 0.05) is 33.0 Å². The average molecular weight is 231 g/mol. The van der Waals surface area contributed by atoms with Gasteiger partial charge in [-0.25, -0.2) is 0 Å². The van der Waals surface area contributed by atoms with Crippen molar-refractivity contribution in [3.05, 3.63) is 24.0 Å². The summed E-state index contributed by atoms with van der Waals surface area (Å²) in [7, 11) is 1.75. The lowest BCUT2D eigenvalue weighted by Gasteiger charge is -2.33. The van der Waals surface area contributed by atoms with Crippen molar-refractivity contribution in [1.29, 1.82) is 5.26 Å². The van der Waals surface area contributed by atoms with E-state index >= 15 is 0 Å². The van der Waals surface area contributed by atoms with Gasteiger partial charge in [0.1, 0.15) is 6.07 Å². The van der Waals surface area contributed by atoms with E-state index in [9.17, 15) is 0 Å². The predicted octanol–water partition coefficient (Wildman–Crippen LogP) is 1.82. The molecule has 1 aromatic heterocycles. The van der Waals surface area contributed by atoms with Crippen molar-refractivity contribution in [1.82, 2.24) is 4.98 Å². The minimum Gasteiger partial charge on any atom is -0.384 e. The van der Waals surface area contributed by atoms with Gasteiger partial charge in [-0.3, -0.25) is 4.98 Å². The Hall–Kier alpha value is -1.60. The molecule has 0 bridgehead atoms. The Morgan fingerprint density at radius 1 is 1.53 bits per heavy atom. The largest absolute Gasteiger partial charge is 0.384 e. The predicted molar refractivity (Wildman–Crippen MR) is 65.8 cm³/mol. The number of piperidine rings is 1. The fourth-order valence-corrected chi connectivity index (χ4v) is 2.31. The van der Waals surface area contributed by atoms with Crippen LogP contribution in [0.25, 0.3) is 0 Å². The second-order valence-electron chi connectivity index (χ2n) is 4.39. The van der Waals surface area contributed by atoms with E-state index in [1.54, 1.807) is 25.6 Å². The van der Waals surface area contributed by atoms with Gasteiger partial charge < -0.3 is 9.64 Å². The van der Waals surface area contributed by atoms with Gasteiger partial charge in [0.15, 0.2) is 0 Å². The molecule has 1 aliphatic heterocycles. The zero-order chi connectivity index (χ0) is 12.1. The van der Waals surface area contributed by atoms with Crippen molar-refractivity contribution in [2.75, 3.05) is 31.7 Å². The summed E-state index contributed by atoms with van der Waals surface area (Å²) in [6.45, 7) is 2.80. The molecule has 2 heterocycles. The summed E-state index contributed by atoms with van der Waals surface area (Å²) in [5, 5.41) is 9.06. The minimum atomic E-state index is 0.651. The molecule has 0 unspecified atom stereocenters. The number of nitriles is 1. The van der Waals surface area contributed by atoms with E-state index < -0.39 is 0 Å². The molecular weight excluding hydrogens is 214 g/mol. The fourth-order valence-electron chi connectivity index (χ4n) is 2.31. The van der Waals surface area contributed by atoms with Crippen LogP contribution in [0.15, 0.2) is 18.5 Å². The molecule has 0 aliphatic carbocycles. The lowest BCUT2D eigenvalue weighted by molar-refractivity contribution is 0.139. The molecule has 0 N–H and O–H groups in total. The van der Waals surface area contributed by atoms with Crippen molar-refractivity contribution in [2.45, 2.75) is 12.8 Å². The molecule has 2 rings (SSSR count). The third-order valence-electron chi connectivity index (χ3n) is 3.28. The molecule has 0 atom stereocenters. The molecule has 90 valence electrons. The van der Waals surface area contributed by atoms with E-state index in [-0.39, 0.29) is 0 Å². The molecule has 0 spiro atoms. The molecule has 0 saturated carbocycles. The Morgan fingerprint density at radius 2 is 2.29 bits per heavy atom. The normalized spacial score (nSPS) is 16.8. The van der Waals surface area contributed by atoms with Crippen LogP contribution in [0.3, 0.4) is 0 Å². The summed E-state index contributed by atoms with van der Waals surface area (Å²) in [6, 6.07) is 4.00. The molecule has 1 aromatic rings. The molecule has 0 amide bonds. The summed E-state index contributed by atoms with van der Waals surface area (Å²) >= 11 is 0. The van der Waals surface area contributed by atoms with Gasteiger partial charge in [-0.1, -0.05) is 0 Å². The number of nitrogens with zero attached hydrogens (tertiary/aromatic N) is 3. The standard InChI is InChI=1S/C13H17N3O/c1-17-10-11-3-6-16(7-4-11)13-9-15-5-2-12(13)8-14/h2,5,9,11H,3-4,6-7,10H2,1H3. The molecule has 4 nitrogen and oxygen atoms in total. The van der Waals surface area contributed by atoms with Gasteiger partial charge in [-0.15, -0.1) is 0 Å². The lowest BCUT2D eigenvalue weighted by Crippen LogP contribution is -2.35. The Labute approximate surface area is 102 Å². The molecule has 1 aliphatic rings. The highest BCUT2D eigenvalue weighted by atomic mass is 16.5. The highest BCUT2D eigenvalue weighted by Crippen LogP contribution is 2.25. The lowest BCUT2D eigenvalue weighted by atomic mass is 9.97. The SMILES string of the molecule is COCC1CCN(c2cnccc2C#N)CC1. The van der Waals surface area contributed by atoms with Crippen molar-refractivity contribution >= 4 is 5.69 Å². The van der Waals surface area contributed by atoms with E-state index in [2.05, 4.69) is 16.0 Å². The van der Waals surface area contributed by atoms with Gasteiger partial charge in [-0.2, -0.15) is 5.26 Å². The van der Waals surface area contributed by atoms with Gasteiger partial charge in [0.2, 0.25) is 0 Å². The molecule has 0 radical (unpaired) electrons. The zero-order valence-electron chi connectivity index (χ0n) is 10.1. The van der Waals surface area contributed by atoms with Crippen molar-refractivity contribution < 1.29 is 4.74 Å². The van der Waals surface area contributed by atoms with Gasteiger partial charge in [0.05, 0.1) is 17.4 Å². The highest BCUT2D eigenvalue weighted by Gasteiger charge is 2.20. The van der Waals surface area contributed by atoms with Crippen LogP contribution in [-0.2, 0) is 4.74 Å². The maximum atomic E-state index is 9.06. The molecule has 0 aromatic carbocycles. The van der Waals surface area contributed by atoms with Crippen LogP contribution in [-0.4, -0.2) is 31.8 Å². The Balaban J connectivity index is 2.03. The quantitative estimate of drug-likeness (QED) is 0.796. The summed E-state index contributed by atoms with van der Waals surface area (Å²) in [5.74, 6) is 0.651. The van der Waals surface area contributed by atoms with Crippen molar-refractivity contribution in [2.24, 2.45) is 5.92 Å². The van der Waals surface area contributed by atoms with E-state index in [0.29, 0.717) is 11.5 Å². The summed E-state index contributed by atoms with van der Waals surface area (Å²) in [5.41, 5.74) is 1.68. The van der Waals surface area contributed by atoms with Crippen LogP contribution >= 0.6 is 0 Å². The number of pyridine rings is 1. The first kappa shape index (κ1) is 11.9. The summed E-state index contributed by atoms with van der Waals surface area (Å²) in [4.78, 5) is 6.35. The zero-order valence-corrected chi connectivity index (χ0v) is 10.1. The fraction of sp³-hybridized carbons (Fsp3) is 0.538. The van der Waals surface area contributed by atoms with Crippen LogP contribution in [0.5, 0.6) is 0 Å². The molecule has 17 heavy (non-hydrogen) atoms. The summed E-state index contributed by atoms with van der Waals surface area (Å²) in [6.07, 6.45) is 5.69. The Morgan fingerprint density at radius 3 is 2.94 bits per heavy atom. The van der Waals surface area contributed by atoms with E-state index in [0.717, 1.165) is 38.2 Å². The number of aromatic nitrogens is 1. The third kappa shape index (κ3) is 2.75. The third-order valence-corrected chi connectivity index (χ3v) is 3.28. The number of anilines is 1. The van der Waals surface area contributed by atoms with Crippen molar-refractivity contribution in [3.63, 3.8) is 0 Å². The van der Waals surface area contributed by atoms with Gasteiger partial charge >= 0.3 is 0 Å². The van der Waals surface area contributed by atoms with Crippen LogP contribution in [0.4, 0.5) is 5.69 Å². The number of ether oxygens (including phenoxy) is 1. The first-order chi connectivity index (χ1) is 8.35. The van der Waals surface area contributed by atoms with E-state index in [4.69, 9.17) is 10.00 Å². The summed E-state index contributed by atoms with van der Waals surface area (Å²) < 4.78 is 5.18. The Bertz CT molecular complexity index is 405. The van der Waals surface area contributed by atoms with Crippen LogP contribution in [0.2, 0.25) is 0 Å². The highest BCUT2D eigenvalue weighted by molar-refractivity contribution is 5.57. The molecule has 4 heteroatoms. The smallest absolute Gasteiger partial charge is 0.101 e. The number of hydrogen-bond donors (Lipinski definition) is 0. The monoisotopic (exact) mass is 231 g/mol.